The minimum absolute atomic E-state index is 0.257. The maximum Gasteiger partial charge on any atom is 0.323 e. The van der Waals surface area contributed by atoms with Crippen LogP contribution in [0, 0.1) is 0 Å². The minimum atomic E-state index is -1.32. The third-order valence-corrected chi connectivity index (χ3v) is 6.88. The monoisotopic (exact) mass is 577 g/mol. The highest BCUT2D eigenvalue weighted by molar-refractivity contribution is 9.10. The van der Waals surface area contributed by atoms with Crippen LogP contribution < -0.4 is 5.73 Å². The Morgan fingerprint density at radius 2 is 1.85 bits per heavy atom. The number of aromatic nitrogens is 2. The Hall–Kier alpha value is -1.43. The summed E-state index contributed by atoms with van der Waals surface area (Å²) in [5, 5.41) is 22.3. The number of imidazole rings is 1. The highest BCUT2D eigenvalue weighted by atomic mass is 79.9. The Morgan fingerprint density at radius 1 is 1.18 bits per heavy atom. The Balaban J connectivity index is 1.43. The van der Waals surface area contributed by atoms with E-state index in [-0.39, 0.29) is 13.0 Å². The lowest BCUT2D eigenvalue weighted by Gasteiger charge is -2.18. The number of carbonyl (C=O) groups excluding carboxylic acids is 1. The number of benzene rings is 2. The number of rotatable bonds is 6. The third kappa shape index (κ3) is 5.16. The molecule has 33 heavy (non-hydrogen) atoms. The zero-order valence-electron chi connectivity index (χ0n) is 16.9. The number of aliphatic hydroxyl groups excluding tert-OH is 2. The minimum Gasteiger partial charge on any atom is -0.462 e. The van der Waals surface area contributed by atoms with E-state index in [0.717, 1.165) is 5.56 Å². The third-order valence-electron chi connectivity index (χ3n) is 5.34. The fourth-order valence-corrected chi connectivity index (χ4v) is 4.64. The van der Waals surface area contributed by atoms with Gasteiger partial charge in [0.25, 0.3) is 0 Å². The first-order chi connectivity index (χ1) is 15.7. The number of aliphatic hydroxyl groups is 2. The van der Waals surface area contributed by atoms with Crippen LogP contribution in [0.2, 0.25) is 15.1 Å². The average molecular weight is 580 g/mol. The molecule has 5 atom stereocenters. The van der Waals surface area contributed by atoms with E-state index in [1.807, 2.05) is 0 Å². The van der Waals surface area contributed by atoms with Gasteiger partial charge in [-0.25, -0.2) is 4.98 Å². The van der Waals surface area contributed by atoms with Crippen LogP contribution >= 0.6 is 50.7 Å². The van der Waals surface area contributed by atoms with Crippen molar-refractivity contribution in [3.05, 3.63) is 61.8 Å². The predicted molar refractivity (Wildman–Crippen MR) is 127 cm³/mol. The first-order valence-corrected chi connectivity index (χ1v) is 11.8. The van der Waals surface area contributed by atoms with Crippen LogP contribution in [0.4, 0.5) is 0 Å². The van der Waals surface area contributed by atoms with Crippen LogP contribution in [0.15, 0.2) is 41.1 Å². The number of hydrogen-bond donors (Lipinski definition) is 3. The molecule has 0 amide bonds. The van der Waals surface area contributed by atoms with Crippen molar-refractivity contribution in [3.8, 4) is 0 Å². The summed E-state index contributed by atoms with van der Waals surface area (Å²) in [5.74, 6) is -0.658. The van der Waals surface area contributed by atoms with Gasteiger partial charge in [-0.3, -0.25) is 9.36 Å². The van der Waals surface area contributed by atoms with E-state index in [4.69, 9.17) is 50.0 Å². The predicted octanol–water partition coefficient (Wildman–Crippen LogP) is 3.49. The zero-order valence-corrected chi connectivity index (χ0v) is 20.7. The maximum absolute atomic E-state index is 12.3. The quantitative estimate of drug-likeness (QED) is 0.383. The lowest BCUT2D eigenvalue weighted by atomic mass is 10.1. The number of hydrogen-bond acceptors (Lipinski definition) is 7. The van der Waals surface area contributed by atoms with Crippen LogP contribution in [-0.4, -0.2) is 56.7 Å². The molecule has 1 aromatic heterocycles. The second kappa shape index (κ2) is 10.1. The molecular weight excluding hydrogens is 561 g/mol. The van der Waals surface area contributed by atoms with Crippen LogP contribution in [0.25, 0.3) is 11.0 Å². The summed E-state index contributed by atoms with van der Waals surface area (Å²) in [6.45, 7) is -0.293. The van der Waals surface area contributed by atoms with E-state index < -0.39 is 36.6 Å². The van der Waals surface area contributed by atoms with Gasteiger partial charge in [0.15, 0.2) is 11.0 Å². The zero-order chi connectivity index (χ0) is 23.9. The van der Waals surface area contributed by atoms with Gasteiger partial charge in [-0.15, -0.1) is 0 Å². The van der Waals surface area contributed by atoms with Gasteiger partial charge in [-0.05, 0) is 52.2 Å². The van der Waals surface area contributed by atoms with Crippen molar-refractivity contribution in [1.29, 1.82) is 0 Å². The number of ether oxygens (including phenoxy) is 2. The van der Waals surface area contributed by atoms with Crippen molar-refractivity contribution in [3.63, 3.8) is 0 Å². The molecule has 1 unspecified atom stereocenters. The summed E-state index contributed by atoms with van der Waals surface area (Å²) >= 11 is 21.4. The molecule has 2 aromatic carbocycles. The number of esters is 1. The number of fused-ring (bicyclic) bond motifs is 1. The molecule has 12 heteroatoms. The Bertz CT molecular complexity index is 1180. The second-order valence-electron chi connectivity index (χ2n) is 7.62. The smallest absolute Gasteiger partial charge is 0.323 e. The maximum atomic E-state index is 12.3. The largest absolute Gasteiger partial charge is 0.462 e. The van der Waals surface area contributed by atoms with Crippen LogP contribution in [0.3, 0.4) is 0 Å². The molecule has 3 aromatic rings. The first kappa shape index (κ1) is 24.7. The molecule has 8 nitrogen and oxygen atoms in total. The molecule has 0 aliphatic carbocycles. The molecule has 0 saturated carbocycles. The molecule has 1 saturated heterocycles. The average Bonchev–Trinajstić information content (AvgIpc) is 3.23. The van der Waals surface area contributed by atoms with Gasteiger partial charge < -0.3 is 25.4 Å². The van der Waals surface area contributed by atoms with Crippen LogP contribution in [0.5, 0.6) is 0 Å². The van der Waals surface area contributed by atoms with E-state index in [1.54, 1.807) is 41.0 Å². The Morgan fingerprint density at radius 3 is 2.55 bits per heavy atom. The Labute approximate surface area is 212 Å². The molecule has 4 N–H and O–H groups in total. The number of nitrogens with zero attached hydrogens (tertiary/aromatic N) is 2. The van der Waals surface area contributed by atoms with Crippen molar-refractivity contribution < 1.29 is 24.5 Å². The summed E-state index contributed by atoms with van der Waals surface area (Å²) in [7, 11) is 0. The lowest BCUT2D eigenvalue weighted by molar-refractivity contribution is -0.151. The van der Waals surface area contributed by atoms with E-state index >= 15 is 0 Å². The Kier molecular flexibility index (Phi) is 7.52. The van der Waals surface area contributed by atoms with Gasteiger partial charge in [0.1, 0.15) is 31.0 Å². The van der Waals surface area contributed by atoms with E-state index in [1.165, 1.54) is 0 Å². The summed E-state index contributed by atoms with van der Waals surface area (Å²) in [6.07, 6.45) is -4.37. The topological polar surface area (TPSA) is 120 Å². The molecule has 0 spiro atoms. The molecule has 0 radical (unpaired) electrons. The second-order valence-corrected chi connectivity index (χ2v) is 9.58. The molecule has 1 aliphatic rings. The highest BCUT2D eigenvalue weighted by Crippen LogP contribution is 2.37. The van der Waals surface area contributed by atoms with Gasteiger partial charge in [-0.2, -0.15) is 0 Å². The van der Waals surface area contributed by atoms with Crippen molar-refractivity contribution in [2.75, 3.05) is 6.61 Å². The molecule has 176 valence electrons. The van der Waals surface area contributed by atoms with E-state index in [0.29, 0.717) is 30.8 Å². The molecule has 4 rings (SSSR count). The summed E-state index contributed by atoms with van der Waals surface area (Å²) in [6, 6.07) is 9.21. The van der Waals surface area contributed by atoms with Crippen molar-refractivity contribution in [2.24, 2.45) is 5.73 Å². The van der Waals surface area contributed by atoms with Crippen LogP contribution in [-0.2, 0) is 20.7 Å². The van der Waals surface area contributed by atoms with Gasteiger partial charge in [0.2, 0.25) is 0 Å². The fourth-order valence-electron chi connectivity index (χ4n) is 3.61. The number of nitrogens with two attached hydrogens (primary N) is 1. The molecular formula is C21H19BrCl3N3O5. The van der Waals surface area contributed by atoms with Crippen molar-refractivity contribution >= 4 is 67.7 Å². The van der Waals surface area contributed by atoms with Gasteiger partial charge in [0.05, 0.1) is 21.1 Å². The standard InChI is InChI=1S/C21H19BrCl3N3O5/c22-21-27-14-6-11(24)12(25)7-15(14)28(21)19-18(30)17(29)16(33-19)8-32-20(31)13(26)5-9-1-3-10(23)4-2-9/h1-4,6-7,13,16-19,29-30H,5,8,26H2/t13-,16+,17+,18+,19?/m0/s1. The van der Waals surface area contributed by atoms with Crippen molar-refractivity contribution in [2.45, 2.75) is 37.0 Å². The number of halogens is 4. The number of carbonyl (C=O) groups is 1. The van der Waals surface area contributed by atoms with E-state index in [9.17, 15) is 15.0 Å². The van der Waals surface area contributed by atoms with Gasteiger partial charge in [0, 0.05) is 5.02 Å². The summed E-state index contributed by atoms with van der Waals surface area (Å²) in [4.78, 5) is 16.7. The van der Waals surface area contributed by atoms with Crippen molar-refractivity contribution in [1.82, 2.24) is 9.55 Å². The molecule has 2 heterocycles. The lowest BCUT2D eigenvalue weighted by Crippen LogP contribution is -2.38. The summed E-state index contributed by atoms with van der Waals surface area (Å²) < 4.78 is 13.0. The van der Waals surface area contributed by atoms with Crippen LogP contribution in [0.1, 0.15) is 11.8 Å². The van der Waals surface area contributed by atoms with Gasteiger partial charge >= 0.3 is 5.97 Å². The summed E-state index contributed by atoms with van der Waals surface area (Å²) in [5.41, 5.74) is 7.83. The molecule has 0 bridgehead atoms. The SMILES string of the molecule is N[C@@H](Cc1ccc(Cl)cc1)C(=O)OC[C@H]1OC(n2c(Br)nc3cc(Cl)c(Cl)cc32)[C@H](O)[C@@H]1O. The highest BCUT2D eigenvalue weighted by Gasteiger charge is 2.45. The fraction of sp³-hybridized carbons (Fsp3) is 0.333. The first-order valence-electron chi connectivity index (χ1n) is 9.86. The molecule has 1 fully saturated rings. The molecule has 1 aliphatic heterocycles. The van der Waals surface area contributed by atoms with Gasteiger partial charge in [-0.1, -0.05) is 46.9 Å². The van der Waals surface area contributed by atoms with E-state index in [2.05, 4.69) is 20.9 Å². The normalized spacial score (nSPS) is 23.7.